The second kappa shape index (κ2) is 6.44. The van der Waals surface area contributed by atoms with E-state index in [1.54, 1.807) is 0 Å². The Labute approximate surface area is 86.9 Å². The predicted molar refractivity (Wildman–Crippen MR) is 54.7 cm³/mol. The van der Waals surface area contributed by atoms with Crippen LogP contribution in [0.2, 0.25) is 0 Å². The fourth-order valence-electron chi connectivity index (χ4n) is 1.03. The third-order valence-corrected chi connectivity index (χ3v) is 2.29. The molecule has 0 unspecified atom stereocenters. The number of primary amides is 1. The van der Waals surface area contributed by atoms with Crippen LogP contribution >= 0.6 is 11.5 Å². The number of aromatic nitrogens is 2. The van der Waals surface area contributed by atoms with Gasteiger partial charge in [-0.2, -0.15) is 0 Å². The Hall–Kier alpha value is -1.01. The maximum Gasteiger partial charge on any atom is 0.217 e. The summed E-state index contributed by atoms with van der Waals surface area (Å²) < 4.78 is 3.75. The van der Waals surface area contributed by atoms with Crippen LogP contribution in [0.1, 0.15) is 25.0 Å². The zero-order valence-electron chi connectivity index (χ0n) is 7.90. The maximum atomic E-state index is 10.4. The van der Waals surface area contributed by atoms with E-state index < -0.39 is 0 Å². The van der Waals surface area contributed by atoms with Crippen molar-refractivity contribution >= 4 is 17.4 Å². The molecule has 1 rings (SSSR count). The van der Waals surface area contributed by atoms with E-state index in [1.165, 1.54) is 11.5 Å². The minimum Gasteiger partial charge on any atom is -0.370 e. The standard InChI is InChI=1S/C8H14N4OS/c9-8(13)3-1-2-4-10-5-7-6-14-12-11-7/h6,10H,1-5H2,(H2,9,13). The van der Waals surface area contributed by atoms with Crippen molar-refractivity contribution in [2.75, 3.05) is 6.54 Å². The van der Waals surface area contributed by atoms with E-state index in [4.69, 9.17) is 5.73 Å². The normalized spacial score (nSPS) is 10.3. The SMILES string of the molecule is NC(=O)CCCCNCc1csnn1. The molecule has 0 saturated carbocycles. The van der Waals surface area contributed by atoms with Crippen LogP contribution in [0.25, 0.3) is 0 Å². The number of hydrogen-bond acceptors (Lipinski definition) is 5. The van der Waals surface area contributed by atoms with Gasteiger partial charge in [-0.25, -0.2) is 0 Å². The molecule has 0 aliphatic rings. The van der Waals surface area contributed by atoms with Crippen LogP contribution in [0.4, 0.5) is 0 Å². The van der Waals surface area contributed by atoms with Crippen molar-refractivity contribution in [3.63, 3.8) is 0 Å². The van der Waals surface area contributed by atoms with Gasteiger partial charge in [-0.05, 0) is 30.9 Å². The smallest absolute Gasteiger partial charge is 0.217 e. The zero-order chi connectivity index (χ0) is 10.2. The first-order valence-electron chi connectivity index (χ1n) is 4.54. The molecule has 6 heteroatoms. The molecule has 0 atom stereocenters. The van der Waals surface area contributed by atoms with Gasteiger partial charge in [0.15, 0.2) is 0 Å². The predicted octanol–water partition coefficient (Wildman–Crippen LogP) is 0.283. The van der Waals surface area contributed by atoms with E-state index in [-0.39, 0.29) is 5.91 Å². The topological polar surface area (TPSA) is 80.9 Å². The summed E-state index contributed by atoms with van der Waals surface area (Å²) in [5.41, 5.74) is 5.97. The highest BCUT2D eigenvalue weighted by Gasteiger charge is 1.96. The molecule has 14 heavy (non-hydrogen) atoms. The quantitative estimate of drug-likeness (QED) is 0.639. The summed E-state index contributed by atoms with van der Waals surface area (Å²) in [5, 5.41) is 9.02. The Kier molecular flexibility index (Phi) is 5.09. The molecule has 0 radical (unpaired) electrons. The van der Waals surface area contributed by atoms with Gasteiger partial charge in [-0.3, -0.25) is 4.79 Å². The van der Waals surface area contributed by atoms with Gasteiger partial charge in [0.2, 0.25) is 5.91 Å². The Balaban J connectivity index is 1.92. The Bertz CT molecular complexity index is 262. The summed E-state index contributed by atoms with van der Waals surface area (Å²) in [5.74, 6) is -0.228. The van der Waals surface area contributed by atoms with Gasteiger partial charge in [0.1, 0.15) is 0 Å². The number of amides is 1. The van der Waals surface area contributed by atoms with Crippen molar-refractivity contribution < 1.29 is 4.79 Å². The number of carbonyl (C=O) groups is 1. The summed E-state index contributed by atoms with van der Waals surface area (Å²) in [4.78, 5) is 10.4. The second-order valence-corrected chi connectivity index (χ2v) is 3.61. The van der Waals surface area contributed by atoms with Gasteiger partial charge < -0.3 is 11.1 Å². The van der Waals surface area contributed by atoms with Crippen molar-refractivity contribution in [2.45, 2.75) is 25.8 Å². The van der Waals surface area contributed by atoms with Crippen molar-refractivity contribution in [3.8, 4) is 0 Å². The lowest BCUT2D eigenvalue weighted by Crippen LogP contribution is -2.16. The second-order valence-electron chi connectivity index (χ2n) is 3.00. The number of unbranched alkanes of at least 4 members (excludes halogenated alkanes) is 1. The van der Waals surface area contributed by atoms with Crippen molar-refractivity contribution in [1.29, 1.82) is 0 Å². The molecule has 3 N–H and O–H groups in total. The zero-order valence-corrected chi connectivity index (χ0v) is 8.72. The van der Waals surface area contributed by atoms with E-state index in [1.807, 2.05) is 5.38 Å². The highest BCUT2D eigenvalue weighted by Crippen LogP contribution is 1.97. The van der Waals surface area contributed by atoms with E-state index in [0.717, 1.165) is 31.6 Å². The molecule has 0 aliphatic carbocycles. The first-order valence-corrected chi connectivity index (χ1v) is 5.37. The highest BCUT2D eigenvalue weighted by molar-refractivity contribution is 7.03. The van der Waals surface area contributed by atoms with Crippen LogP contribution in [0, 0.1) is 0 Å². The molecular weight excluding hydrogens is 200 g/mol. The van der Waals surface area contributed by atoms with E-state index in [2.05, 4.69) is 14.9 Å². The molecule has 78 valence electrons. The fraction of sp³-hybridized carbons (Fsp3) is 0.625. The van der Waals surface area contributed by atoms with Gasteiger partial charge in [0, 0.05) is 18.3 Å². The maximum absolute atomic E-state index is 10.4. The first kappa shape index (κ1) is 11.1. The molecule has 0 spiro atoms. The molecule has 0 aliphatic heterocycles. The van der Waals surface area contributed by atoms with Crippen molar-refractivity contribution in [3.05, 3.63) is 11.1 Å². The molecule has 1 amide bonds. The molecule has 5 nitrogen and oxygen atoms in total. The Morgan fingerprint density at radius 2 is 2.43 bits per heavy atom. The lowest BCUT2D eigenvalue weighted by atomic mass is 10.2. The number of carbonyl (C=O) groups excluding carboxylic acids is 1. The Morgan fingerprint density at radius 1 is 1.57 bits per heavy atom. The molecule has 1 heterocycles. The number of hydrogen-bond donors (Lipinski definition) is 2. The lowest BCUT2D eigenvalue weighted by molar-refractivity contribution is -0.118. The van der Waals surface area contributed by atoms with Gasteiger partial charge >= 0.3 is 0 Å². The van der Waals surface area contributed by atoms with Crippen molar-refractivity contribution in [2.24, 2.45) is 5.73 Å². The third-order valence-electron chi connectivity index (χ3n) is 1.74. The fourth-order valence-corrected chi connectivity index (χ4v) is 1.48. The van der Waals surface area contributed by atoms with Crippen LogP contribution in [0.15, 0.2) is 5.38 Å². The monoisotopic (exact) mass is 214 g/mol. The molecule has 0 aromatic carbocycles. The molecule has 0 saturated heterocycles. The van der Waals surface area contributed by atoms with E-state index >= 15 is 0 Å². The minimum atomic E-state index is -0.228. The average molecular weight is 214 g/mol. The summed E-state index contributed by atoms with van der Waals surface area (Å²) in [7, 11) is 0. The van der Waals surface area contributed by atoms with Crippen LogP contribution in [0.3, 0.4) is 0 Å². The van der Waals surface area contributed by atoms with Gasteiger partial charge in [-0.1, -0.05) is 4.49 Å². The van der Waals surface area contributed by atoms with Crippen LogP contribution in [0.5, 0.6) is 0 Å². The van der Waals surface area contributed by atoms with Crippen molar-refractivity contribution in [1.82, 2.24) is 14.9 Å². The average Bonchev–Trinajstić information content (AvgIpc) is 2.63. The summed E-state index contributed by atoms with van der Waals surface area (Å²) in [6.45, 7) is 1.62. The lowest BCUT2D eigenvalue weighted by Gasteiger charge is -2.00. The first-order chi connectivity index (χ1) is 6.79. The van der Waals surface area contributed by atoms with Gasteiger partial charge in [-0.15, -0.1) is 5.10 Å². The van der Waals surface area contributed by atoms with Crippen LogP contribution < -0.4 is 11.1 Å². The summed E-state index contributed by atoms with van der Waals surface area (Å²) in [6.07, 6.45) is 2.28. The molecule has 0 fully saturated rings. The molecule has 0 bridgehead atoms. The molecular formula is C8H14N4OS. The highest BCUT2D eigenvalue weighted by atomic mass is 32.1. The number of nitrogens with zero attached hydrogens (tertiary/aromatic N) is 2. The minimum absolute atomic E-state index is 0.228. The third kappa shape index (κ3) is 4.88. The van der Waals surface area contributed by atoms with Gasteiger partial charge in [0.05, 0.1) is 5.69 Å². The van der Waals surface area contributed by atoms with Crippen LogP contribution in [-0.2, 0) is 11.3 Å². The Morgan fingerprint density at radius 3 is 3.07 bits per heavy atom. The summed E-state index contributed by atoms with van der Waals surface area (Å²) in [6, 6.07) is 0. The number of nitrogens with one attached hydrogen (secondary N) is 1. The molecule has 1 aromatic rings. The number of nitrogens with two attached hydrogens (primary N) is 1. The molecule has 1 aromatic heterocycles. The van der Waals surface area contributed by atoms with Crippen LogP contribution in [-0.4, -0.2) is 22.0 Å². The van der Waals surface area contributed by atoms with E-state index in [0.29, 0.717) is 6.42 Å². The number of rotatable bonds is 7. The largest absolute Gasteiger partial charge is 0.370 e. The van der Waals surface area contributed by atoms with Gasteiger partial charge in [0.25, 0.3) is 0 Å². The van der Waals surface area contributed by atoms with E-state index in [9.17, 15) is 4.79 Å². The summed E-state index contributed by atoms with van der Waals surface area (Å²) >= 11 is 1.35.